The first-order valence-electron chi connectivity index (χ1n) is 8.24. The zero-order chi connectivity index (χ0) is 18.2. The van der Waals surface area contributed by atoms with Crippen molar-refractivity contribution >= 4 is 23.7 Å². The topological polar surface area (TPSA) is 70.6 Å². The van der Waals surface area contributed by atoms with Gasteiger partial charge in [0.05, 0.1) is 6.21 Å². The highest BCUT2D eigenvalue weighted by atomic mass is 16.2. The zero-order valence-corrected chi connectivity index (χ0v) is 14.7. The van der Waals surface area contributed by atoms with Crippen molar-refractivity contribution in [3.63, 3.8) is 0 Å². The van der Waals surface area contributed by atoms with Crippen LogP contribution >= 0.6 is 0 Å². The number of aryl methyl sites for hydroxylation is 1. The zero-order valence-electron chi connectivity index (χ0n) is 14.7. The van der Waals surface area contributed by atoms with Crippen LogP contribution in [0.15, 0.2) is 53.6 Å². The average Bonchev–Trinajstić information content (AvgIpc) is 2.54. The van der Waals surface area contributed by atoms with Gasteiger partial charge in [-0.1, -0.05) is 43.7 Å². The molecule has 5 heteroatoms. The van der Waals surface area contributed by atoms with E-state index in [1.165, 1.54) is 0 Å². The lowest BCUT2D eigenvalue weighted by Crippen LogP contribution is -2.18. The van der Waals surface area contributed by atoms with E-state index < -0.39 is 0 Å². The smallest absolute Gasteiger partial charge is 0.271 e. The molecule has 0 aliphatic heterocycles. The maximum Gasteiger partial charge on any atom is 0.271 e. The number of hydrogen-bond acceptors (Lipinski definition) is 3. The molecule has 2 N–H and O–H groups in total. The van der Waals surface area contributed by atoms with E-state index in [-0.39, 0.29) is 11.8 Å². The van der Waals surface area contributed by atoms with E-state index in [4.69, 9.17) is 0 Å². The van der Waals surface area contributed by atoms with Gasteiger partial charge in [0.15, 0.2) is 0 Å². The normalized spacial score (nSPS) is 10.9. The highest BCUT2D eigenvalue weighted by molar-refractivity contribution is 5.96. The highest BCUT2D eigenvalue weighted by Gasteiger charge is 2.07. The van der Waals surface area contributed by atoms with Gasteiger partial charge in [0.2, 0.25) is 5.91 Å². The van der Waals surface area contributed by atoms with Crippen LogP contribution in [0.1, 0.15) is 41.8 Å². The summed E-state index contributed by atoms with van der Waals surface area (Å²) in [6, 6.07) is 14.5. The van der Waals surface area contributed by atoms with Crippen LogP contribution in [0.5, 0.6) is 0 Å². The molecular weight excluding hydrogens is 314 g/mol. The summed E-state index contributed by atoms with van der Waals surface area (Å²) in [6.07, 6.45) is 2.07. The molecule has 5 nitrogen and oxygen atoms in total. The lowest BCUT2D eigenvalue weighted by molar-refractivity contribution is -0.116. The summed E-state index contributed by atoms with van der Waals surface area (Å²) >= 11 is 0. The molecule has 0 aromatic heterocycles. The molecule has 2 amide bonds. The van der Waals surface area contributed by atoms with Crippen molar-refractivity contribution in [2.75, 3.05) is 5.32 Å². The van der Waals surface area contributed by atoms with Gasteiger partial charge in [-0.3, -0.25) is 9.59 Å². The van der Waals surface area contributed by atoms with Gasteiger partial charge in [-0.25, -0.2) is 5.43 Å². The van der Waals surface area contributed by atoms with E-state index in [9.17, 15) is 9.59 Å². The minimum absolute atomic E-state index is 0.0324. The van der Waals surface area contributed by atoms with Crippen molar-refractivity contribution in [1.82, 2.24) is 5.43 Å². The van der Waals surface area contributed by atoms with Gasteiger partial charge in [0.1, 0.15) is 0 Å². The number of rotatable bonds is 6. The number of benzene rings is 2. The molecule has 0 atom stereocenters. The summed E-state index contributed by atoms with van der Waals surface area (Å²) in [6.45, 7) is 5.98. The number of carbonyl (C=O) groups is 2. The Bertz CT molecular complexity index is 765. The summed E-state index contributed by atoms with van der Waals surface area (Å²) in [5, 5.41) is 6.78. The summed E-state index contributed by atoms with van der Waals surface area (Å²) in [7, 11) is 0. The Morgan fingerprint density at radius 3 is 2.48 bits per heavy atom. The lowest BCUT2D eigenvalue weighted by atomic mass is 10.1. The van der Waals surface area contributed by atoms with Crippen molar-refractivity contribution in [2.45, 2.75) is 27.2 Å². The third-order valence-electron chi connectivity index (χ3n) is 3.45. The van der Waals surface area contributed by atoms with E-state index in [2.05, 4.69) is 15.8 Å². The Morgan fingerprint density at radius 1 is 1.12 bits per heavy atom. The third-order valence-corrected chi connectivity index (χ3v) is 3.45. The second-order valence-electron chi connectivity index (χ2n) is 6.34. The van der Waals surface area contributed by atoms with Crippen LogP contribution in [-0.4, -0.2) is 18.0 Å². The molecule has 0 aliphatic carbocycles. The van der Waals surface area contributed by atoms with Crippen LogP contribution in [0.2, 0.25) is 0 Å². The van der Waals surface area contributed by atoms with Gasteiger partial charge in [0, 0.05) is 17.7 Å². The van der Waals surface area contributed by atoms with Gasteiger partial charge >= 0.3 is 0 Å². The quantitative estimate of drug-likeness (QED) is 0.622. The fourth-order valence-corrected chi connectivity index (χ4v) is 2.27. The standard InChI is InChI=1S/C20H23N3O2/c1-14(2)11-19(24)22-18-9-7-17(8-10-18)20(25)23-21-13-16-6-4-5-15(3)12-16/h4-10,12-14H,11H2,1-3H3,(H,22,24)(H,23,25)/b21-13+. The monoisotopic (exact) mass is 337 g/mol. The molecule has 0 saturated carbocycles. The molecule has 2 aromatic carbocycles. The summed E-state index contributed by atoms with van der Waals surface area (Å²) in [5.74, 6) is -0.0322. The molecule has 0 radical (unpaired) electrons. The van der Waals surface area contributed by atoms with Crippen LogP contribution in [0.4, 0.5) is 5.69 Å². The molecule has 0 unspecified atom stereocenters. The molecule has 130 valence electrons. The Labute approximate surface area is 148 Å². The molecule has 0 bridgehead atoms. The van der Waals surface area contributed by atoms with E-state index in [1.54, 1.807) is 30.5 Å². The van der Waals surface area contributed by atoms with Crippen molar-refractivity contribution in [3.05, 3.63) is 65.2 Å². The second kappa shape index (κ2) is 8.78. The number of carbonyl (C=O) groups excluding carboxylic acids is 2. The van der Waals surface area contributed by atoms with Crippen LogP contribution in [0, 0.1) is 12.8 Å². The van der Waals surface area contributed by atoms with Crippen molar-refractivity contribution < 1.29 is 9.59 Å². The fraction of sp³-hybridized carbons (Fsp3) is 0.250. The Balaban J connectivity index is 1.90. The van der Waals surface area contributed by atoms with Crippen molar-refractivity contribution in [1.29, 1.82) is 0 Å². The molecule has 2 aromatic rings. The van der Waals surface area contributed by atoms with Gasteiger partial charge in [-0.05, 0) is 42.7 Å². The largest absolute Gasteiger partial charge is 0.326 e. The van der Waals surface area contributed by atoms with Crippen molar-refractivity contribution in [3.8, 4) is 0 Å². The average molecular weight is 337 g/mol. The van der Waals surface area contributed by atoms with Gasteiger partial charge in [-0.15, -0.1) is 0 Å². The molecule has 25 heavy (non-hydrogen) atoms. The fourth-order valence-electron chi connectivity index (χ4n) is 2.27. The Morgan fingerprint density at radius 2 is 1.84 bits per heavy atom. The predicted octanol–water partition coefficient (Wildman–Crippen LogP) is 3.74. The van der Waals surface area contributed by atoms with E-state index in [1.807, 2.05) is 45.0 Å². The second-order valence-corrected chi connectivity index (χ2v) is 6.34. The van der Waals surface area contributed by atoms with Gasteiger partial charge < -0.3 is 5.32 Å². The number of anilines is 1. The maximum absolute atomic E-state index is 12.1. The summed E-state index contributed by atoms with van der Waals surface area (Å²) in [4.78, 5) is 23.8. The van der Waals surface area contributed by atoms with E-state index >= 15 is 0 Å². The molecule has 0 aliphatic rings. The van der Waals surface area contributed by atoms with Gasteiger partial charge in [0.25, 0.3) is 5.91 Å². The molecule has 2 rings (SSSR count). The predicted molar refractivity (Wildman–Crippen MR) is 101 cm³/mol. The lowest BCUT2D eigenvalue weighted by Gasteiger charge is -2.07. The minimum Gasteiger partial charge on any atom is -0.326 e. The molecule has 0 saturated heterocycles. The summed E-state index contributed by atoms with van der Waals surface area (Å²) < 4.78 is 0. The first-order chi connectivity index (χ1) is 11.9. The Hall–Kier alpha value is -2.95. The maximum atomic E-state index is 12.1. The summed E-state index contributed by atoms with van der Waals surface area (Å²) in [5.41, 5.74) is 5.69. The molecule has 0 spiro atoms. The first kappa shape index (κ1) is 18.4. The highest BCUT2D eigenvalue weighted by Crippen LogP contribution is 2.11. The third kappa shape index (κ3) is 6.22. The number of hydrogen-bond donors (Lipinski definition) is 2. The van der Waals surface area contributed by atoms with E-state index in [0.29, 0.717) is 23.6 Å². The number of hydrazone groups is 1. The Kier molecular flexibility index (Phi) is 6.46. The minimum atomic E-state index is -0.302. The number of amides is 2. The van der Waals surface area contributed by atoms with Crippen molar-refractivity contribution in [2.24, 2.45) is 11.0 Å². The van der Waals surface area contributed by atoms with Crippen LogP contribution < -0.4 is 10.7 Å². The number of nitrogens with one attached hydrogen (secondary N) is 2. The first-order valence-corrected chi connectivity index (χ1v) is 8.24. The SMILES string of the molecule is Cc1cccc(/C=N/NC(=O)c2ccc(NC(=O)CC(C)C)cc2)c1. The molecular formula is C20H23N3O2. The molecule has 0 fully saturated rings. The van der Waals surface area contributed by atoms with Crippen LogP contribution in [0.3, 0.4) is 0 Å². The number of nitrogens with zero attached hydrogens (tertiary/aromatic N) is 1. The van der Waals surface area contributed by atoms with Gasteiger partial charge in [-0.2, -0.15) is 5.10 Å². The van der Waals surface area contributed by atoms with Crippen LogP contribution in [-0.2, 0) is 4.79 Å². The van der Waals surface area contributed by atoms with Crippen LogP contribution in [0.25, 0.3) is 0 Å². The molecule has 0 heterocycles. The van der Waals surface area contributed by atoms with E-state index in [0.717, 1.165) is 11.1 Å².